The maximum atomic E-state index is 13.1. The van der Waals surface area contributed by atoms with Gasteiger partial charge in [0.15, 0.2) is 0 Å². The molecule has 1 amide bonds. The average Bonchev–Trinajstić information content (AvgIpc) is 3.41. The van der Waals surface area contributed by atoms with E-state index in [1.165, 1.54) is 17.0 Å². The molecule has 0 radical (unpaired) electrons. The second kappa shape index (κ2) is 8.67. The molecule has 0 saturated carbocycles. The molecule has 3 heterocycles. The van der Waals surface area contributed by atoms with E-state index in [2.05, 4.69) is 43.3 Å². The minimum atomic E-state index is -0.0268. The van der Waals surface area contributed by atoms with Gasteiger partial charge in [-0.2, -0.15) is 0 Å². The average molecular weight is 443 g/mol. The summed E-state index contributed by atoms with van der Waals surface area (Å²) in [6.07, 6.45) is 2.55. The smallest absolute Gasteiger partial charge is 0.253 e. The molecule has 1 aliphatic heterocycles. The van der Waals surface area contributed by atoms with Crippen molar-refractivity contribution in [2.45, 2.75) is 65.8 Å². The van der Waals surface area contributed by atoms with Crippen LogP contribution in [-0.4, -0.2) is 44.7 Å². The zero-order chi connectivity index (χ0) is 22.3. The molecule has 3 aromatic rings. The van der Waals surface area contributed by atoms with Crippen LogP contribution in [0.25, 0.3) is 11.0 Å². The first-order valence-corrected chi connectivity index (χ1v) is 11.3. The molecule has 7 heteroatoms. The standard InChI is InChI=1S/C24H31ClN4O2/c1-15(2)29-22-9-8-18(12-21(22)26-24(29)25)23(30)27(5)13-19-11-16(3)28(17(19)4)14-20-7-6-10-31-20/h8-9,11-12,15,20H,6-7,10,13-14H2,1-5H3. The highest BCUT2D eigenvalue weighted by molar-refractivity contribution is 6.29. The zero-order valence-corrected chi connectivity index (χ0v) is 19.7. The summed E-state index contributed by atoms with van der Waals surface area (Å²) in [5, 5.41) is 0.446. The molecule has 1 aromatic carbocycles. The Kier molecular flexibility index (Phi) is 6.13. The van der Waals surface area contributed by atoms with Gasteiger partial charge in [0.05, 0.1) is 17.1 Å². The molecule has 1 saturated heterocycles. The van der Waals surface area contributed by atoms with E-state index < -0.39 is 0 Å². The van der Waals surface area contributed by atoms with Gasteiger partial charge in [0.2, 0.25) is 5.28 Å². The van der Waals surface area contributed by atoms with E-state index in [9.17, 15) is 4.79 Å². The number of rotatable bonds is 6. The number of hydrogen-bond donors (Lipinski definition) is 0. The fraction of sp³-hybridized carbons (Fsp3) is 0.500. The predicted molar refractivity (Wildman–Crippen MR) is 124 cm³/mol. The summed E-state index contributed by atoms with van der Waals surface area (Å²) in [5.74, 6) is -0.0268. The Morgan fingerprint density at radius 1 is 1.32 bits per heavy atom. The van der Waals surface area contributed by atoms with Crippen LogP contribution in [0.2, 0.25) is 5.28 Å². The van der Waals surface area contributed by atoms with Gasteiger partial charge in [-0.1, -0.05) is 0 Å². The number of amides is 1. The van der Waals surface area contributed by atoms with Gasteiger partial charge in [0.1, 0.15) is 0 Å². The number of carbonyl (C=O) groups is 1. The Morgan fingerprint density at radius 3 is 2.77 bits per heavy atom. The van der Waals surface area contributed by atoms with Gasteiger partial charge in [0.25, 0.3) is 5.91 Å². The minimum Gasteiger partial charge on any atom is -0.376 e. The fourth-order valence-electron chi connectivity index (χ4n) is 4.55. The number of carbonyl (C=O) groups excluding carboxylic acids is 1. The third-order valence-corrected chi connectivity index (χ3v) is 6.52. The zero-order valence-electron chi connectivity index (χ0n) is 19.0. The van der Waals surface area contributed by atoms with Crippen LogP contribution in [0.1, 0.15) is 60.0 Å². The number of fused-ring (bicyclic) bond motifs is 1. The largest absolute Gasteiger partial charge is 0.376 e. The molecule has 2 aromatic heterocycles. The van der Waals surface area contributed by atoms with E-state index in [0.29, 0.717) is 23.5 Å². The third kappa shape index (κ3) is 4.23. The van der Waals surface area contributed by atoms with E-state index in [1.54, 1.807) is 4.90 Å². The van der Waals surface area contributed by atoms with Gasteiger partial charge < -0.3 is 18.8 Å². The van der Waals surface area contributed by atoms with Gasteiger partial charge in [-0.05, 0) is 82.0 Å². The summed E-state index contributed by atoms with van der Waals surface area (Å²) in [6, 6.07) is 8.01. The second-order valence-corrected chi connectivity index (χ2v) is 9.19. The number of halogens is 1. The van der Waals surface area contributed by atoms with Crippen molar-refractivity contribution in [2.75, 3.05) is 13.7 Å². The molecule has 4 rings (SSSR count). The quantitative estimate of drug-likeness (QED) is 0.531. The minimum absolute atomic E-state index is 0.0268. The van der Waals surface area contributed by atoms with Crippen LogP contribution in [0, 0.1) is 13.8 Å². The van der Waals surface area contributed by atoms with Crippen molar-refractivity contribution < 1.29 is 9.53 Å². The van der Waals surface area contributed by atoms with Crippen molar-refractivity contribution in [1.82, 2.24) is 19.0 Å². The van der Waals surface area contributed by atoms with E-state index >= 15 is 0 Å². The van der Waals surface area contributed by atoms with Gasteiger partial charge in [-0.3, -0.25) is 4.79 Å². The number of nitrogens with zero attached hydrogens (tertiary/aromatic N) is 4. The maximum Gasteiger partial charge on any atom is 0.253 e. The molecule has 1 unspecified atom stereocenters. The van der Waals surface area contributed by atoms with E-state index in [1.807, 2.05) is 29.8 Å². The number of aromatic nitrogens is 3. The van der Waals surface area contributed by atoms with Crippen LogP contribution >= 0.6 is 11.6 Å². The van der Waals surface area contributed by atoms with Crippen LogP contribution < -0.4 is 0 Å². The van der Waals surface area contributed by atoms with Gasteiger partial charge in [0, 0.05) is 49.7 Å². The number of benzene rings is 1. The summed E-state index contributed by atoms with van der Waals surface area (Å²) in [5.41, 5.74) is 5.88. The molecule has 0 spiro atoms. The first-order chi connectivity index (χ1) is 14.8. The molecule has 1 fully saturated rings. The van der Waals surface area contributed by atoms with Gasteiger partial charge in [-0.25, -0.2) is 4.98 Å². The molecule has 1 atom stereocenters. The lowest BCUT2D eigenvalue weighted by molar-refractivity contribution is 0.0784. The summed E-state index contributed by atoms with van der Waals surface area (Å²) < 4.78 is 10.1. The Labute approximate surface area is 188 Å². The van der Waals surface area contributed by atoms with Crippen LogP contribution in [0.4, 0.5) is 0 Å². The van der Waals surface area contributed by atoms with Crippen LogP contribution in [0.15, 0.2) is 24.3 Å². The number of hydrogen-bond acceptors (Lipinski definition) is 3. The first-order valence-electron chi connectivity index (χ1n) is 11.0. The monoisotopic (exact) mass is 442 g/mol. The lowest BCUT2D eigenvalue weighted by Gasteiger charge is -2.18. The highest BCUT2D eigenvalue weighted by Crippen LogP contribution is 2.26. The lowest BCUT2D eigenvalue weighted by atomic mass is 10.1. The molecule has 166 valence electrons. The third-order valence-electron chi connectivity index (χ3n) is 6.25. The molecule has 31 heavy (non-hydrogen) atoms. The van der Waals surface area contributed by atoms with E-state index in [-0.39, 0.29) is 11.9 Å². The molecule has 0 N–H and O–H groups in total. The molecular formula is C24H31ClN4O2. The van der Waals surface area contributed by atoms with Crippen LogP contribution in [-0.2, 0) is 17.8 Å². The second-order valence-electron chi connectivity index (χ2n) is 8.85. The SMILES string of the molecule is Cc1cc(CN(C)C(=O)c2ccc3c(c2)nc(Cl)n3C(C)C)c(C)n1CC1CCCO1. The van der Waals surface area contributed by atoms with Crippen molar-refractivity contribution in [2.24, 2.45) is 0 Å². The Hall–Kier alpha value is -2.31. The highest BCUT2D eigenvalue weighted by atomic mass is 35.5. The maximum absolute atomic E-state index is 13.1. The first kappa shape index (κ1) is 21.9. The van der Waals surface area contributed by atoms with E-state index in [0.717, 1.165) is 37.0 Å². The Bertz CT molecular complexity index is 1110. The number of ether oxygens (including phenoxy) is 1. The lowest BCUT2D eigenvalue weighted by Crippen LogP contribution is -2.26. The predicted octanol–water partition coefficient (Wildman–Crippen LogP) is 5.14. The van der Waals surface area contributed by atoms with Crippen molar-refractivity contribution in [1.29, 1.82) is 0 Å². The molecular weight excluding hydrogens is 412 g/mol. The summed E-state index contributed by atoms with van der Waals surface area (Å²) in [7, 11) is 1.85. The Balaban J connectivity index is 1.52. The summed E-state index contributed by atoms with van der Waals surface area (Å²) >= 11 is 6.30. The molecule has 0 aliphatic carbocycles. The molecule has 1 aliphatic rings. The van der Waals surface area contributed by atoms with Crippen molar-refractivity contribution in [3.05, 3.63) is 52.1 Å². The molecule has 0 bridgehead atoms. The van der Waals surface area contributed by atoms with E-state index in [4.69, 9.17) is 16.3 Å². The van der Waals surface area contributed by atoms with Gasteiger partial charge >= 0.3 is 0 Å². The Morgan fingerprint density at radius 2 is 2.10 bits per heavy atom. The normalized spacial score (nSPS) is 16.5. The topological polar surface area (TPSA) is 52.3 Å². The van der Waals surface area contributed by atoms with Crippen LogP contribution in [0.5, 0.6) is 0 Å². The fourth-order valence-corrected chi connectivity index (χ4v) is 4.92. The summed E-state index contributed by atoms with van der Waals surface area (Å²) in [4.78, 5) is 19.3. The van der Waals surface area contributed by atoms with Crippen molar-refractivity contribution in [3.8, 4) is 0 Å². The van der Waals surface area contributed by atoms with Crippen molar-refractivity contribution in [3.63, 3.8) is 0 Å². The molecule has 6 nitrogen and oxygen atoms in total. The summed E-state index contributed by atoms with van der Waals surface area (Å²) in [6.45, 7) is 10.7. The highest BCUT2D eigenvalue weighted by Gasteiger charge is 2.21. The van der Waals surface area contributed by atoms with Crippen molar-refractivity contribution >= 4 is 28.5 Å². The van der Waals surface area contributed by atoms with Gasteiger partial charge in [-0.15, -0.1) is 0 Å². The van der Waals surface area contributed by atoms with Crippen LogP contribution in [0.3, 0.4) is 0 Å². The number of imidazole rings is 1. The number of aryl methyl sites for hydroxylation is 1.